The van der Waals surface area contributed by atoms with Crippen molar-refractivity contribution in [1.29, 1.82) is 0 Å². The van der Waals surface area contributed by atoms with Crippen molar-refractivity contribution >= 4 is 16.9 Å². The Labute approximate surface area is 125 Å². The number of hydrogen-bond acceptors (Lipinski definition) is 4. The van der Waals surface area contributed by atoms with Gasteiger partial charge >= 0.3 is 0 Å². The van der Waals surface area contributed by atoms with Crippen LogP contribution in [0.1, 0.15) is 25.8 Å². The van der Waals surface area contributed by atoms with E-state index in [1.54, 1.807) is 26.0 Å². The molecule has 5 heteroatoms. The van der Waals surface area contributed by atoms with E-state index in [1.807, 2.05) is 18.2 Å². The highest BCUT2D eigenvalue weighted by atomic mass is 32.2. The first kappa shape index (κ1) is 15.0. The van der Waals surface area contributed by atoms with Gasteiger partial charge in [-0.2, -0.15) is 0 Å². The van der Waals surface area contributed by atoms with Crippen molar-refractivity contribution in [3.63, 3.8) is 0 Å². The molecule has 1 aromatic carbocycles. The Hall–Kier alpha value is -1.36. The summed E-state index contributed by atoms with van der Waals surface area (Å²) in [7, 11) is 3.32. The summed E-state index contributed by atoms with van der Waals surface area (Å²) < 4.78 is 10.6. The smallest absolute Gasteiger partial charge is 0.157 e. The molecule has 1 aliphatic rings. The van der Waals surface area contributed by atoms with Gasteiger partial charge in [0.1, 0.15) is 11.5 Å². The molecule has 1 unspecified atom stereocenters. The number of methoxy groups -OCH3 is 2. The summed E-state index contributed by atoms with van der Waals surface area (Å²) in [6.07, 6.45) is 1.10. The van der Waals surface area contributed by atoms with Crippen LogP contribution in [0.25, 0.3) is 0 Å². The molecule has 1 aromatic rings. The molecule has 1 fully saturated rings. The second-order valence-corrected chi connectivity index (χ2v) is 6.09. The predicted molar refractivity (Wildman–Crippen MR) is 85.0 cm³/mol. The van der Waals surface area contributed by atoms with Gasteiger partial charge < -0.3 is 14.8 Å². The highest BCUT2D eigenvalue weighted by Gasteiger charge is 2.30. The Balaban J connectivity index is 2.08. The van der Waals surface area contributed by atoms with Crippen LogP contribution in [0.4, 0.5) is 0 Å². The maximum atomic E-state index is 5.39. The lowest BCUT2D eigenvalue weighted by atomic mass is 10.0. The predicted octanol–water partition coefficient (Wildman–Crippen LogP) is 3.06. The standard InChI is InChI=1S/C15H22N2O2S/c1-5-15(2)10-20-14(17-15)16-9-11-6-7-12(18-3)8-13(11)19-4/h6-8H,5,9-10H2,1-4H3,(H,16,17). The van der Waals surface area contributed by atoms with Crippen molar-refractivity contribution in [2.45, 2.75) is 32.4 Å². The van der Waals surface area contributed by atoms with Gasteiger partial charge in [-0.05, 0) is 25.5 Å². The first-order valence-corrected chi connectivity index (χ1v) is 7.75. The first-order valence-electron chi connectivity index (χ1n) is 6.76. The average Bonchev–Trinajstić information content (AvgIpc) is 2.87. The lowest BCUT2D eigenvalue weighted by Gasteiger charge is -2.20. The minimum absolute atomic E-state index is 0.174. The van der Waals surface area contributed by atoms with E-state index < -0.39 is 0 Å². The van der Waals surface area contributed by atoms with Crippen molar-refractivity contribution in [3.05, 3.63) is 23.8 Å². The Morgan fingerprint density at radius 3 is 2.75 bits per heavy atom. The number of ether oxygens (including phenoxy) is 2. The van der Waals surface area contributed by atoms with Crippen LogP contribution >= 0.6 is 11.8 Å². The molecule has 0 saturated carbocycles. The number of amidine groups is 1. The van der Waals surface area contributed by atoms with E-state index in [-0.39, 0.29) is 5.54 Å². The number of aliphatic imine (C=N–C) groups is 1. The molecule has 0 amide bonds. The number of nitrogens with one attached hydrogen (secondary N) is 1. The summed E-state index contributed by atoms with van der Waals surface area (Å²) in [6.45, 7) is 5.04. The molecule has 1 N–H and O–H groups in total. The van der Waals surface area contributed by atoms with Crippen LogP contribution in [-0.2, 0) is 6.54 Å². The number of rotatable bonds is 5. The topological polar surface area (TPSA) is 42.9 Å². The van der Waals surface area contributed by atoms with Gasteiger partial charge in [-0.15, -0.1) is 0 Å². The lowest BCUT2D eigenvalue weighted by molar-refractivity contribution is 0.391. The number of benzene rings is 1. The minimum Gasteiger partial charge on any atom is -0.497 e. The zero-order valence-electron chi connectivity index (χ0n) is 12.5. The third kappa shape index (κ3) is 3.39. The summed E-state index contributed by atoms with van der Waals surface area (Å²) in [6, 6.07) is 5.82. The molecule has 1 heterocycles. The number of hydrogen-bond donors (Lipinski definition) is 1. The Kier molecular flexibility index (Phi) is 4.81. The first-order chi connectivity index (χ1) is 9.60. The second-order valence-electron chi connectivity index (χ2n) is 5.13. The van der Waals surface area contributed by atoms with E-state index in [4.69, 9.17) is 9.47 Å². The molecule has 110 valence electrons. The Morgan fingerprint density at radius 1 is 1.35 bits per heavy atom. The quantitative estimate of drug-likeness (QED) is 0.906. The van der Waals surface area contributed by atoms with Gasteiger partial charge in [0.15, 0.2) is 5.17 Å². The average molecular weight is 294 g/mol. The van der Waals surface area contributed by atoms with Crippen molar-refractivity contribution in [3.8, 4) is 11.5 Å². The Morgan fingerprint density at radius 2 is 2.15 bits per heavy atom. The SMILES string of the molecule is CCC1(C)CSC(=NCc2ccc(OC)cc2OC)N1. The fourth-order valence-corrected chi connectivity index (χ4v) is 3.18. The molecule has 0 spiro atoms. The van der Waals surface area contributed by atoms with Gasteiger partial charge in [-0.25, -0.2) is 0 Å². The molecule has 0 bridgehead atoms. The molecule has 1 aliphatic heterocycles. The summed E-state index contributed by atoms with van der Waals surface area (Å²) in [4.78, 5) is 4.65. The molecule has 1 saturated heterocycles. The maximum Gasteiger partial charge on any atom is 0.157 e. The molecule has 1 atom stereocenters. The van der Waals surface area contributed by atoms with Crippen LogP contribution < -0.4 is 14.8 Å². The Bertz CT molecular complexity index is 505. The third-order valence-electron chi connectivity index (χ3n) is 3.60. The van der Waals surface area contributed by atoms with Crippen LogP contribution in [0.5, 0.6) is 11.5 Å². The number of thioether (sulfide) groups is 1. The minimum atomic E-state index is 0.174. The second kappa shape index (κ2) is 6.39. The monoisotopic (exact) mass is 294 g/mol. The van der Waals surface area contributed by atoms with Crippen LogP contribution in [0, 0.1) is 0 Å². The van der Waals surface area contributed by atoms with E-state index in [2.05, 4.69) is 24.2 Å². The van der Waals surface area contributed by atoms with E-state index in [0.29, 0.717) is 6.54 Å². The highest BCUT2D eigenvalue weighted by molar-refractivity contribution is 8.14. The highest BCUT2D eigenvalue weighted by Crippen LogP contribution is 2.28. The van der Waals surface area contributed by atoms with Crippen LogP contribution in [0.3, 0.4) is 0 Å². The van der Waals surface area contributed by atoms with Gasteiger partial charge in [-0.1, -0.05) is 18.7 Å². The van der Waals surface area contributed by atoms with Crippen molar-refractivity contribution in [2.24, 2.45) is 4.99 Å². The van der Waals surface area contributed by atoms with E-state index in [0.717, 1.165) is 34.4 Å². The van der Waals surface area contributed by atoms with Gasteiger partial charge in [0.05, 0.1) is 20.8 Å². The zero-order valence-corrected chi connectivity index (χ0v) is 13.3. The van der Waals surface area contributed by atoms with Crippen molar-refractivity contribution < 1.29 is 9.47 Å². The van der Waals surface area contributed by atoms with Gasteiger partial charge in [0, 0.05) is 22.9 Å². The molecular formula is C15H22N2O2S. The zero-order chi connectivity index (χ0) is 14.6. The van der Waals surface area contributed by atoms with Gasteiger partial charge in [-0.3, -0.25) is 4.99 Å². The van der Waals surface area contributed by atoms with Gasteiger partial charge in [0.2, 0.25) is 0 Å². The molecule has 0 radical (unpaired) electrons. The molecule has 2 rings (SSSR count). The summed E-state index contributed by atoms with van der Waals surface area (Å²) >= 11 is 1.79. The summed E-state index contributed by atoms with van der Waals surface area (Å²) in [5.74, 6) is 2.68. The van der Waals surface area contributed by atoms with Crippen LogP contribution in [0.15, 0.2) is 23.2 Å². The summed E-state index contributed by atoms with van der Waals surface area (Å²) in [5, 5.41) is 4.52. The van der Waals surface area contributed by atoms with Gasteiger partial charge in [0.25, 0.3) is 0 Å². The molecule has 4 nitrogen and oxygen atoms in total. The molecule has 0 aliphatic carbocycles. The van der Waals surface area contributed by atoms with Crippen molar-refractivity contribution in [1.82, 2.24) is 5.32 Å². The lowest BCUT2D eigenvalue weighted by Crippen LogP contribution is -2.39. The van der Waals surface area contributed by atoms with Crippen LogP contribution in [0.2, 0.25) is 0 Å². The van der Waals surface area contributed by atoms with Crippen molar-refractivity contribution in [2.75, 3.05) is 20.0 Å². The molecular weight excluding hydrogens is 272 g/mol. The van der Waals surface area contributed by atoms with E-state index in [9.17, 15) is 0 Å². The normalized spacial score (nSPS) is 23.7. The molecule has 0 aromatic heterocycles. The summed E-state index contributed by atoms with van der Waals surface area (Å²) in [5.41, 5.74) is 1.24. The maximum absolute atomic E-state index is 5.39. The fraction of sp³-hybridized carbons (Fsp3) is 0.533. The van der Waals surface area contributed by atoms with E-state index in [1.165, 1.54) is 0 Å². The number of nitrogens with zero attached hydrogens (tertiary/aromatic N) is 1. The van der Waals surface area contributed by atoms with Crippen LogP contribution in [-0.4, -0.2) is 30.7 Å². The van der Waals surface area contributed by atoms with E-state index >= 15 is 0 Å². The largest absolute Gasteiger partial charge is 0.497 e. The molecule has 20 heavy (non-hydrogen) atoms. The third-order valence-corrected chi connectivity index (χ3v) is 4.89. The fourth-order valence-electron chi connectivity index (χ4n) is 1.97.